The van der Waals surface area contributed by atoms with E-state index in [1.807, 2.05) is 32.0 Å². The fourth-order valence-electron chi connectivity index (χ4n) is 2.89. The standard InChI is InChI=1S/C15H22O4/c1-10-8-15(16,9-11(2)19-10)12-5-6-13(17-3)14(7-12)18-4/h5-7,10-11,16H,8-9H2,1-4H3. The van der Waals surface area contributed by atoms with Gasteiger partial charge >= 0.3 is 0 Å². The maximum atomic E-state index is 10.9. The topological polar surface area (TPSA) is 47.9 Å². The van der Waals surface area contributed by atoms with Crippen LogP contribution in [0.4, 0.5) is 0 Å². The van der Waals surface area contributed by atoms with E-state index >= 15 is 0 Å². The fourth-order valence-corrected chi connectivity index (χ4v) is 2.89. The number of benzene rings is 1. The Kier molecular flexibility index (Phi) is 4.02. The van der Waals surface area contributed by atoms with Crippen molar-refractivity contribution in [1.82, 2.24) is 0 Å². The van der Waals surface area contributed by atoms with Crippen LogP contribution in [0.25, 0.3) is 0 Å². The van der Waals surface area contributed by atoms with Crippen LogP contribution in [0.15, 0.2) is 18.2 Å². The second-order valence-corrected chi connectivity index (χ2v) is 5.27. The highest BCUT2D eigenvalue weighted by Crippen LogP contribution is 2.40. The Bertz CT molecular complexity index is 434. The van der Waals surface area contributed by atoms with Gasteiger partial charge in [-0.3, -0.25) is 0 Å². The third-order valence-corrected chi connectivity index (χ3v) is 3.64. The monoisotopic (exact) mass is 266 g/mol. The predicted octanol–water partition coefficient (Wildman–Crippen LogP) is 2.48. The first-order valence-electron chi connectivity index (χ1n) is 6.59. The molecular weight excluding hydrogens is 244 g/mol. The lowest BCUT2D eigenvalue weighted by Gasteiger charge is -2.39. The van der Waals surface area contributed by atoms with Gasteiger partial charge in [-0.1, -0.05) is 6.07 Å². The van der Waals surface area contributed by atoms with Gasteiger partial charge in [0.25, 0.3) is 0 Å². The summed E-state index contributed by atoms with van der Waals surface area (Å²) in [7, 11) is 3.20. The van der Waals surface area contributed by atoms with E-state index in [9.17, 15) is 5.11 Å². The van der Waals surface area contributed by atoms with Gasteiger partial charge in [-0.25, -0.2) is 0 Å². The van der Waals surface area contributed by atoms with Crippen molar-refractivity contribution in [3.8, 4) is 11.5 Å². The van der Waals surface area contributed by atoms with Crippen molar-refractivity contribution in [2.75, 3.05) is 14.2 Å². The minimum atomic E-state index is -0.864. The van der Waals surface area contributed by atoms with Crippen LogP contribution in [0, 0.1) is 0 Å². The molecule has 4 nitrogen and oxygen atoms in total. The lowest BCUT2D eigenvalue weighted by Crippen LogP contribution is -2.41. The number of aliphatic hydroxyl groups is 1. The average Bonchev–Trinajstić information content (AvgIpc) is 2.36. The lowest BCUT2D eigenvalue weighted by molar-refractivity contribution is -0.135. The van der Waals surface area contributed by atoms with E-state index in [0.717, 1.165) is 5.56 Å². The zero-order valence-corrected chi connectivity index (χ0v) is 12.0. The molecule has 2 atom stereocenters. The van der Waals surface area contributed by atoms with Gasteiger partial charge in [-0.2, -0.15) is 0 Å². The molecule has 19 heavy (non-hydrogen) atoms. The highest BCUT2D eigenvalue weighted by atomic mass is 16.5. The minimum absolute atomic E-state index is 0.0434. The van der Waals surface area contributed by atoms with E-state index in [0.29, 0.717) is 24.3 Å². The molecule has 1 aromatic carbocycles. The van der Waals surface area contributed by atoms with Gasteiger partial charge in [0.05, 0.1) is 32.0 Å². The average molecular weight is 266 g/mol. The normalized spacial score (nSPS) is 31.0. The molecule has 2 rings (SSSR count). The van der Waals surface area contributed by atoms with E-state index in [2.05, 4.69) is 0 Å². The lowest BCUT2D eigenvalue weighted by atomic mass is 9.81. The first kappa shape index (κ1) is 14.2. The molecule has 1 aliphatic heterocycles. The highest BCUT2D eigenvalue weighted by Gasteiger charge is 2.38. The maximum Gasteiger partial charge on any atom is 0.161 e. The smallest absolute Gasteiger partial charge is 0.161 e. The summed E-state index contributed by atoms with van der Waals surface area (Å²) in [4.78, 5) is 0. The zero-order valence-electron chi connectivity index (χ0n) is 12.0. The molecule has 1 saturated heterocycles. The van der Waals surface area contributed by atoms with Crippen LogP contribution in [-0.4, -0.2) is 31.5 Å². The summed E-state index contributed by atoms with van der Waals surface area (Å²) in [6.07, 6.45) is 1.27. The van der Waals surface area contributed by atoms with E-state index < -0.39 is 5.60 Å². The summed E-state index contributed by atoms with van der Waals surface area (Å²) in [5, 5.41) is 10.9. The number of rotatable bonds is 3. The third kappa shape index (κ3) is 2.85. The Morgan fingerprint density at radius 1 is 1.11 bits per heavy atom. The molecule has 0 spiro atoms. The summed E-state index contributed by atoms with van der Waals surface area (Å²) in [5.41, 5.74) is -0.0106. The third-order valence-electron chi connectivity index (χ3n) is 3.64. The molecule has 0 saturated carbocycles. The molecule has 0 aliphatic carbocycles. The molecule has 2 unspecified atom stereocenters. The molecule has 1 aliphatic rings. The van der Waals surface area contributed by atoms with E-state index in [-0.39, 0.29) is 12.2 Å². The molecule has 0 bridgehead atoms. The quantitative estimate of drug-likeness (QED) is 0.913. The van der Waals surface area contributed by atoms with Crippen LogP contribution in [0.1, 0.15) is 32.3 Å². The molecule has 1 fully saturated rings. The van der Waals surface area contributed by atoms with Crippen LogP contribution in [0.3, 0.4) is 0 Å². The van der Waals surface area contributed by atoms with Crippen LogP contribution in [0.2, 0.25) is 0 Å². The van der Waals surface area contributed by atoms with Crippen molar-refractivity contribution in [3.63, 3.8) is 0 Å². The predicted molar refractivity (Wildman–Crippen MR) is 72.7 cm³/mol. The molecule has 106 valence electrons. The summed E-state index contributed by atoms with van der Waals surface area (Å²) >= 11 is 0. The van der Waals surface area contributed by atoms with Crippen molar-refractivity contribution in [2.45, 2.75) is 44.5 Å². The molecule has 4 heteroatoms. The number of hydrogen-bond acceptors (Lipinski definition) is 4. The van der Waals surface area contributed by atoms with Crippen molar-refractivity contribution in [3.05, 3.63) is 23.8 Å². The Balaban J connectivity index is 2.34. The van der Waals surface area contributed by atoms with E-state index in [4.69, 9.17) is 14.2 Å². The van der Waals surface area contributed by atoms with Gasteiger partial charge < -0.3 is 19.3 Å². The molecule has 0 amide bonds. The molecule has 0 radical (unpaired) electrons. The highest BCUT2D eigenvalue weighted by molar-refractivity contribution is 5.44. The minimum Gasteiger partial charge on any atom is -0.493 e. The van der Waals surface area contributed by atoms with Crippen LogP contribution < -0.4 is 9.47 Å². The van der Waals surface area contributed by atoms with Crippen LogP contribution in [0.5, 0.6) is 11.5 Å². The van der Waals surface area contributed by atoms with Gasteiger partial charge in [0, 0.05) is 12.8 Å². The summed E-state index contributed by atoms with van der Waals surface area (Å²) in [5.74, 6) is 1.31. The number of ether oxygens (including phenoxy) is 3. The first-order valence-corrected chi connectivity index (χ1v) is 6.59. The Morgan fingerprint density at radius 2 is 1.68 bits per heavy atom. The fraction of sp³-hybridized carbons (Fsp3) is 0.600. The molecular formula is C15H22O4. The second kappa shape index (κ2) is 5.39. The molecule has 1 N–H and O–H groups in total. The van der Waals surface area contributed by atoms with Crippen molar-refractivity contribution in [2.24, 2.45) is 0 Å². The van der Waals surface area contributed by atoms with Gasteiger partial charge in [0.2, 0.25) is 0 Å². The number of methoxy groups -OCH3 is 2. The molecule has 1 heterocycles. The van der Waals surface area contributed by atoms with Crippen molar-refractivity contribution >= 4 is 0 Å². The summed E-state index contributed by atoms with van der Waals surface area (Å²) in [6.45, 7) is 3.97. The van der Waals surface area contributed by atoms with Gasteiger partial charge in [0.1, 0.15) is 0 Å². The van der Waals surface area contributed by atoms with Gasteiger partial charge in [-0.15, -0.1) is 0 Å². The van der Waals surface area contributed by atoms with E-state index in [1.165, 1.54) is 0 Å². The molecule has 1 aromatic rings. The SMILES string of the molecule is COc1ccc(C2(O)CC(C)OC(C)C2)cc1OC. The van der Waals surface area contributed by atoms with Crippen molar-refractivity contribution < 1.29 is 19.3 Å². The van der Waals surface area contributed by atoms with Gasteiger partial charge in [0.15, 0.2) is 11.5 Å². The van der Waals surface area contributed by atoms with Crippen molar-refractivity contribution in [1.29, 1.82) is 0 Å². The Morgan fingerprint density at radius 3 is 2.21 bits per heavy atom. The van der Waals surface area contributed by atoms with Crippen LogP contribution in [-0.2, 0) is 10.3 Å². The Hall–Kier alpha value is -1.26. The Labute approximate surface area is 114 Å². The maximum absolute atomic E-state index is 10.9. The first-order chi connectivity index (χ1) is 8.98. The second-order valence-electron chi connectivity index (χ2n) is 5.27. The zero-order chi connectivity index (χ0) is 14.0. The van der Waals surface area contributed by atoms with Gasteiger partial charge in [-0.05, 0) is 31.5 Å². The van der Waals surface area contributed by atoms with E-state index in [1.54, 1.807) is 14.2 Å². The van der Waals surface area contributed by atoms with Crippen LogP contribution >= 0.6 is 0 Å². The summed E-state index contributed by atoms with van der Waals surface area (Å²) in [6, 6.07) is 5.58. The molecule has 0 aromatic heterocycles. The number of hydrogen-bond donors (Lipinski definition) is 1. The summed E-state index contributed by atoms with van der Waals surface area (Å²) < 4.78 is 16.2. The largest absolute Gasteiger partial charge is 0.493 e.